The van der Waals surface area contributed by atoms with Gasteiger partial charge in [0.25, 0.3) is 5.91 Å². The molecule has 6 heteroatoms. The summed E-state index contributed by atoms with van der Waals surface area (Å²) in [6.07, 6.45) is -1.15. The molecule has 1 aliphatic rings. The number of carbonyl (C=O) groups is 1. The third-order valence-electron chi connectivity index (χ3n) is 3.45. The molecule has 0 unspecified atom stereocenters. The van der Waals surface area contributed by atoms with Crippen LogP contribution in [-0.4, -0.2) is 24.2 Å². The minimum atomic E-state index is -1.15. The maximum atomic E-state index is 12.2. The largest absolute Gasteiger partial charge is 0.497 e. The first-order valence-electron chi connectivity index (χ1n) is 6.67. The number of nitrogens with one attached hydrogen (secondary N) is 1. The Bertz CT molecular complexity index is 705. The van der Waals surface area contributed by atoms with Crippen molar-refractivity contribution in [1.82, 2.24) is 0 Å². The number of ether oxygens (including phenoxy) is 1. The minimum absolute atomic E-state index is 0.395. The molecule has 1 amide bonds. The number of hydrogen-bond acceptors (Lipinski definition) is 4. The summed E-state index contributed by atoms with van der Waals surface area (Å²) < 4.78 is 5.14. The van der Waals surface area contributed by atoms with Crippen molar-refractivity contribution in [2.75, 3.05) is 12.4 Å². The first kappa shape index (κ1) is 15.2. The van der Waals surface area contributed by atoms with Crippen LogP contribution in [-0.2, 0) is 4.79 Å². The van der Waals surface area contributed by atoms with Crippen molar-refractivity contribution in [2.24, 2.45) is 0 Å². The summed E-state index contributed by atoms with van der Waals surface area (Å²) in [6.45, 7) is 0. The monoisotopic (exact) mass is 335 g/mol. The van der Waals surface area contributed by atoms with Crippen LogP contribution in [0.15, 0.2) is 47.4 Å². The molecule has 0 fully saturated rings. The molecule has 0 bridgehead atoms. The molecule has 3 rings (SSSR count). The van der Waals surface area contributed by atoms with Crippen molar-refractivity contribution in [3.63, 3.8) is 0 Å². The summed E-state index contributed by atoms with van der Waals surface area (Å²) in [4.78, 5) is 13.0. The van der Waals surface area contributed by atoms with E-state index in [0.717, 1.165) is 16.2 Å². The Balaban J connectivity index is 1.99. The van der Waals surface area contributed by atoms with Crippen molar-refractivity contribution < 1.29 is 14.6 Å². The maximum Gasteiger partial charge on any atom is 0.254 e. The predicted molar refractivity (Wildman–Crippen MR) is 87.7 cm³/mol. The highest BCUT2D eigenvalue weighted by atomic mass is 35.5. The number of aliphatic hydroxyl groups is 1. The smallest absolute Gasteiger partial charge is 0.254 e. The molecule has 2 N–H and O–H groups in total. The molecule has 0 radical (unpaired) electrons. The van der Waals surface area contributed by atoms with Gasteiger partial charge in [-0.15, -0.1) is 11.8 Å². The first-order valence-corrected chi connectivity index (χ1v) is 7.93. The number of hydrogen-bond donors (Lipinski definition) is 2. The third-order valence-corrected chi connectivity index (χ3v) is 5.08. The number of thioether (sulfide) groups is 1. The molecule has 1 heterocycles. The normalized spacial score (nSPS) is 20.8. The quantitative estimate of drug-likeness (QED) is 0.882. The molecular weight excluding hydrogens is 322 g/mol. The molecular formula is C16H14ClNO3S. The van der Waals surface area contributed by atoms with Crippen LogP contribution >= 0.6 is 23.4 Å². The van der Waals surface area contributed by atoms with Gasteiger partial charge in [0.1, 0.15) is 11.9 Å². The van der Waals surface area contributed by atoms with E-state index in [0.29, 0.717) is 10.7 Å². The summed E-state index contributed by atoms with van der Waals surface area (Å²) in [5.74, 6) is 0.294. The van der Waals surface area contributed by atoms with Crippen LogP contribution < -0.4 is 10.1 Å². The Labute approximate surface area is 137 Å². The van der Waals surface area contributed by atoms with Crippen LogP contribution in [0, 0.1) is 0 Å². The van der Waals surface area contributed by atoms with Gasteiger partial charge in [-0.2, -0.15) is 0 Å². The molecule has 0 aliphatic carbocycles. The fourth-order valence-electron chi connectivity index (χ4n) is 2.29. The lowest BCUT2D eigenvalue weighted by Crippen LogP contribution is -2.30. The number of benzene rings is 2. The van der Waals surface area contributed by atoms with Gasteiger partial charge in [-0.3, -0.25) is 4.79 Å². The molecule has 4 nitrogen and oxygen atoms in total. The molecule has 2 aromatic carbocycles. The van der Waals surface area contributed by atoms with E-state index in [2.05, 4.69) is 5.32 Å². The molecule has 0 saturated heterocycles. The van der Waals surface area contributed by atoms with Crippen LogP contribution in [0.2, 0.25) is 5.02 Å². The molecule has 0 saturated carbocycles. The fraction of sp³-hybridized carbons (Fsp3) is 0.188. The van der Waals surface area contributed by atoms with Gasteiger partial charge in [-0.25, -0.2) is 0 Å². The van der Waals surface area contributed by atoms with Crippen molar-refractivity contribution in [3.8, 4) is 5.75 Å². The number of anilines is 1. The van der Waals surface area contributed by atoms with E-state index in [-0.39, 0.29) is 0 Å². The number of halogens is 1. The average Bonchev–Trinajstić information content (AvgIpc) is 2.65. The highest BCUT2D eigenvalue weighted by Crippen LogP contribution is 2.44. The number of rotatable bonds is 2. The lowest BCUT2D eigenvalue weighted by atomic mass is 10.1. The minimum Gasteiger partial charge on any atom is -0.497 e. The van der Waals surface area contributed by atoms with Gasteiger partial charge in [0, 0.05) is 9.92 Å². The maximum absolute atomic E-state index is 12.2. The van der Waals surface area contributed by atoms with Crippen molar-refractivity contribution in [1.29, 1.82) is 0 Å². The van der Waals surface area contributed by atoms with Crippen molar-refractivity contribution in [3.05, 3.63) is 53.1 Å². The van der Waals surface area contributed by atoms with Crippen LogP contribution in [0.3, 0.4) is 0 Å². The SMILES string of the molecule is COc1ccc([C@@H]2Sc3ccc(Cl)cc3NC(=O)[C@@H]2O)cc1. The molecule has 22 heavy (non-hydrogen) atoms. The number of aliphatic hydroxyl groups excluding tert-OH is 1. The van der Waals surface area contributed by atoms with Gasteiger partial charge in [0.15, 0.2) is 0 Å². The highest BCUT2D eigenvalue weighted by Gasteiger charge is 2.32. The predicted octanol–water partition coefficient (Wildman–Crippen LogP) is 3.50. The van der Waals surface area contributed by atoms with E-state index in [4.69, 9.17) is 16.3 Å². The second kappa shape index (κ2) is 6.20. The Hall–Kier alpha value is -1.69. The van der Waals surface area contributed by atoms with E-state index < -0.39 is 17.3 Å². The molecule has 0 aromatic heterocycles. The zero-order chi connectivity index (χ0) is 15.7. The standard InChI is InChI=1S/C16H14ClNO3S/c1-21-11-5-2-9(3-6-11)15-14(19)16(20)18-12-8-10(17)4-7-13(12)22-15/h2-8,14-15,19H,1H3,(H,18,20)/t14-,15+/m1/s1. The number of fused-ring (bicyclic) bond motifs is 1. The molecule has 2 atom stereocenters. The number of carbonyl (C=O) groups excluding carboxylic acids is 1. The van der Waals surface area contributed by atoms with Crippen molar-refractivity contribution in [2.45, 2.75) is 16.2 Å². The van der Waals surface area contributed by atoms with E-state index in [1.807, 2.05) is 30.3 Å². The second-order valence-electron chi connectivity index (χ2n) is 4.89. The highest BCUT2D eigenvalue weighted by molar-refractivity contribution is 7.99. The number of amides is 1. The molecule has 2 aromatic rings. The Kier molecular flexibility index (Phi) is 4.29. The van der Waals surface area contributed by atoms with Gasteiger partial charge in [-0.1, -0.05) is 23.7 Å². The van der Waals surface area contributed by atoms with Crippen LogP contribution in [0.1, 0.15) is 10.8 Å². The van der Waals surface area contributed by atoms with Crippen LogP contribution in [0.25, 0.3) is 0 Å². The summed E-state index contributed by atoms with van der Waals surface area (Å²) in [6, 6.07) is 12.6. The summed E-state index contributed by atoms with van der Waals surface area (Å²) in [5.41, 5.74) is 1.48. The van der Waals surface area contributed by atoms with Crippen LogP contribution in [0.4, 0.5) is 5.69 Å². The van der Waals surface area contributed by atoms with E-state index >= 15 is 0 Å². The van der Waals surface area contributed by atoms with E-state index in [9.17, 15) is 9.90 Å². The van der Waals surface area contributed by atoms with Crippen LogP contribution in [0.5, 0.6) is 5.75 Å². The molecule has 114 valence electrons. The summed E-state index contributed by atoms with van der Waals surface area (Å²) >= 11 is 7.40. The first-order chi connectivity index (χ1) is 10.6. The zero-order valence-electron chi connectivity index (χ0n) is 11.7. The van der Waals surface area contributed by atoms with Gasteiger partial charge in [-0.05, 0) is 35.9 Å². The Morgan fingerprint density at radius 2 is 1.95 bits per heavy atom. The Morgan fingerprint density at radius 3 is 2.64 bits per heavy atom. The Morgan fingerprint density at radius 1 is 1.23 bits per heavy atom. The summed E-state index contributed by atoms with van der Waals surface area (Å²) in [7, 11) is 1.59. The fourth-order valence-corrected chi connectivity index (χ4v) is 3.67. The van der Waals surface area contributed by atoms with Gasteiger partial charge in [0.2, 0.25) is 0 Å². The van der Waals surface area contributed by atoms with E-state index in [1.54, 1.807) is 19.2 Å². The summed E-state index contributed by atoms with van der Waals surface area (Å²) in [5, 5.41) is 13.2. The third kappa shape index (κ3) is 2.92. The lowest BCUT2D eigenvalue weighted by Gasteiger charge is -2.19. The average molecular weight is 336 g/mol. The zero-order valence-corrected chi connectivity index (χ0v) is 13.3. The lowest BCUT2D eigenvalue weighted by molar-refractivity contribution is -0.124. The van der Waals surface area contributed by atoms with Crippen molar-refractivity contribution >= 4 is 35.0 Å². The molecule has 0 spiro atoms. The second-order valence-corrected chi connectivity index (χ2v) is 6.51. The van der Waals surface area contributed by atoms with Gasteiger partial charge >= 0.3 is 0 Å². The number of methoxy groups -OCH3 is 1. The van der Waals surface area contributed by atoms with E-state index in [1.165, 1.54) is 11.8 Å². The molecule has 1 aliphatic heterocycles. The topological polar surface area (TPSA) is 58.6 Å². The van der Waals surface area contributed by atoms with Gasteiger partial charge in [0.05, 0.1) is 18.0 Å². The van der Waals surface area contributed by atoms with Gasteiger partial charge < -0.3 is 15.2 Å².